The van der Waals surface area contributed by atoms with Gasteiger partial charge in [-0.2, -0.15) is 5.26 Å². The number of amides is 1. The normalized spacial score (nSPS) is 18.0. The molecular formula is C23H23Cl2N3O. The Bertz CT molecular complexity index is 1020. The number of nitrogens with one attached hydrogen (secondary N) is 1. The predicted molar refractivity (Wildman–Crippen MR) is 121 cm³/mol. The fourth-order valence-corrected chi connectivity index (χ4v) is 4.09. The molecule has 0 spiro atoms. The van der Waals surface area contributed by atoms with Gasteiger partial charge in [0.25, 0.3) is 5.91 Å². The summed E-state index contributed by atoms with van der Waals surface area (Å²) in [6.07, 6.45) is 2.55. The zero-order chi connectivity index (χ0) is 21.3. The van der Waals surface area contributed by atoms with Crippen LogP contribution in [0.4, 0.5) is 11.4 Å². The number of halogens is 2. The second-order valence-corrected chi connectivity index (χ2v) is 8.88. The van der Waals surface area contributed by atoms with E-state index in [0.717, 1.165) is 17.7 Å². The molecule has 0 radical (unpaired) electrons. The molecule has 1 N–H and O–H groups in total. The van der Waals surface area contributed by atoms with Crippen LogP contribution in [0.1, 0.15) is 44.2 Å². The molecule has 0 saturated heterocycles. The van der Waals surface area contributed by atoms with E-state index >= 15 is 0 Å². The van der Waals surface area contributed by atoms with Crippen molar-refractivity contribution < 1.29 is 4.79 Å². The van der Waals surface area contributed by atoms with Gasteiger partial charge in [0.05, 0.1) is 0 Å². The molecule has 0 bridgehead atoms. The number of hydrogen-bond donors (Lipinski definition) is 1. The summed E-state index contributed by atoms with van der Waals surface area (Å²) < 4.78 is 0. The van der Waals surface area contributed by atoms with E-state index in [4.69, 9.17) is 23.2 Å². The molecule has 0 saturated carbocycles. The van der Waals surface area contributed by atoms with E-state index in [0.29, 0.717) is 27.2 Å². The fourth-order valence-electron chi connectivity index (χ4n) is 3.75. The molecule has 0 aromatic heterocycles. The molecule has 1 unspecified atom stereocenters. The number of carbonyl (C=O) groups is 1. The number of anilines is 2. The van der Waals surface area contributed by atoms with Crippen molar-refractivity contribution in [1.29, 1.82) is 5.26 Å². The van der Waals surface area contributed by atoms with Crippen molar-refractivity contribution in [1.82, 2.24) is 0 Å². The van der Waals surface area contributed by atoms with E-state index in [9.17, 15) is 10.1 Å². The molecule has 3 rings (SSSR count). The van der Waals surface area contributed by atoms with Gasteiger partial charge in [-0.25, -0.2) is 0 Å². The average Bonchev–Trinajstić information content (AvgIpc) is 2.66. The molecule has 1 atom stereocenters. The second kappa shape index (κ2) is 8.10. The third-order valence-electron chi connectivity index (χ3n) is 5.52. The molecule has 0 aliphatic carbocycles. The van der Waals surface area contributed by atoms with Crippen molar-refractivity contribution in [2.45, 2.75) is 38.6 Å². The van der Waals surface area contributed by atoms with Crippen LogP contribution in [0.3, 0.4) is 0 Å². The molecule has 1 aliphatic heterocycles. The summed E-state index contributed by atoms with van der Waals surface area (Å²) in [5, 5.41) is 13.3. The van der Waals surface area contributed by atoms with Gasteiger partial charge in [-0.1, -0.05) is 30.1 Å². The topological polar surface area (TPSA) is 56.1 Å². The van der Waals surface area contributed by atoms with E-state index in [1.807, 2.05) is 18.2 Å². The molecule has 150 valence electrons. The summed E-state index contributed by atoms with van der Waals surface area (Å²) in [7, 11) is 2.07. The number of rotatable bonds is 3. The molecule has 0 fully saturated rings. The molecule has 2 aromatic carbocycles. The highest BCUT2D eigenvalue weighted by molar-refractivity contribution is 6.32. The van der Waals surface area contributed by atoms with Crippen LogP contribution in [0.25, 0.3) is 6.08 Å². The van der Waals surface area contributed by atoms with Gasteiger partial charge in [0.1, 0.15) is 11.6 Å². The Morgan fingerprint density at radius 3 is 2.55 bits per heavy atom. The summed E-state index contributed by atoms with van der Waals surface area (Å²) in [5.41, 5.74) is 3.49. The van der Waals surface area contributed by atoms with E-state index < -0.39 is 5.91 Å². The first kappa shape index (κ1) is 21.2. The first-order valence-corrected chi connectivity index (χ1v) is 10.1. The lowest BCUT2D eigenvalue weighted by atomic mass is 9.80. The standard InChI is InChI=1S/C23H23Cl2N3O/c1-14-12-23(2,3)28(4)21-11-20(25)15(10-19(14)21)9-16(13-26)22(29)27-18-7-5-17(24)6-8-18/h5-11,14H,12H2,1-4H3,(H,27,29)/b16-9-. The van der Waals surface area contributed by atoms with Crippen LogP contribution in [0.5, 0.6) is 0 Å². The van der Waals surface area contributed by atoms with E-state index in [1.54, 1.807) is 30.3 Å². The largest absolute Gasteiger partial charge is 0.369 e. The lowest BCUT2D eigenvalue weighted by Crippen LogP contribution is -2.45. The van der Waals surface area contributed by atoms with E-state index in [1.165, 1.54) is 0 Å². The Hall–Kier alpha value is -2.48. The highest BCUT2D eigenvalue weighted by Gasteiger charge is 2.34. The van der Waals surface area contributed by atoms with Gasteiger partial charge in [-0.3, -0.25) is 4.79 Å². The molecule has 4 nitrogen and oxygen atoms in total. The van der Waals surface area contributed by atoms with Gasteiger partial charge in [-0.15, -0.1) is 0 Å². The molecule has 2 aromatic rings. The molecular weight excluding hydrogens is 405 g/mol. The third kappa shape index (κ3) is 4.42. The van der Waals surface area contributed by atoms with Crippen LogP contribution in [0.15, 0.2) is 42.0 Å². The number of benzene rings is 2. The Labute approximate surface area is 181 Å². The molecule has 1 aliphatic rings. The summed E-state index contributed by atoms with van der Waals surface area (Å²) in [6.45, 7) is 6.61. The maximum Gasteiger partial charge on any atom is 0.266 e. The minimum atomic E-state index is -0.491. The van der Waals surface area contributed by atoms with E-state index in [2.05, 4.69) is 38.0 Å². The van der Waals surface area contributed by atoms with E-state index in [-0.39, 0.29) is 11.1 Å². The highest BCUT2D eigenvalue weighted by Crippen LogP contribution is 2.44. The summed E-state index contributed by atoms with van der Waals surface area (Å²) >= 11 is 12.4. The zero-order valence-electron chi connectivity index (χ0n) is 16.9. The van der Waals surface area contributed by atoms with Crippen LogP contribution in [0, 0.1) is 11.3 Å². The summed E-state index contributed by atoms with van der Waals surface area (Å²) in [4.78, 5) is 14.8. The van der Waals surface area contributed by atoms with Crippen LogP contribution in [0.2, 0.25) is 10.0 Å². The molecule has 6 heteroatoms. The Morgan fingerprint density at radius 2 is 1.93 bits per heavy atom. The van der Waals surface area contributed by atoms with Crippen molar-refractivity contribution >= 4 is 46.6 Å². The van der Waals surface area contributed by atoms with Gasteiger partial charge in [-0.05, 0) is 79.8 Å². The SMILES string of the molecule is CC1CC(C)(C)N(C)c2cc(Cl)c(/C=C(/C#N)C(=O)Nc3ccc(Cl)cc3)cc21. The van der Waals surface area contributed by atoms with Crippen molar-refractivity contribution in [2.24, 2.45) is 0 Å². The second-order valence-electron chi connectivity index (χ2n) is 8.04. The molecule has 1 amide bonds. The summed E-state index contributed by atoms with van der Waals surface area (Å²) in [5.74, 6) is -0.149. The van der Waals surface area contributed by atoms with Crippen LogP contribution in [-0.4, -0.2) is 18.5 Å². The molecule has 1 heterocycles. The van der Waals surface area contributed by atoms with Crippen LogP contribution < -0.4 is 10.2 Å². The number of fused-ring (bicyclic) bond motifs is 1. The first-order valence-electron chi connectivity index (χ1n) is 9.38. The van der Waals surface area contributed by atoms with Gasteiger partial charge in [0.2, 0.25) is 0 Å². The average molecular weight is 428 g/mol. The van der Waals surface area contributed by atoms with Crippen LogP contribution >= 0.6 is 23.2 Å². The van der Waals surface area contributed by atoms with Gasteiger partial charge in [0.15, 0.2) is 0 Å². The highest BCUT2D eigenvalue weighted by atomic mass is 35.5. The molecule has 29 heavy (non-hydrogen) atoms. The van der Waals surface area contributed by atoms with Crippen molar-refractivity contribution in [2.75, 3.05) is 17.3 Å². The first-order chi connectivity index (χ1) is 13.6. The third-order valence-corrected chi connectivity index (χ3v) is 6.10. The minimum absolute atomic E-state index is 0.0149. The fraction of sp³-hybridized carbons (Fsp3) is 0.304. The quantitative estimate of drug-likeness (QED) is 0.464. The monoisotopic (exact) mass is 427 g/mol. The lowest BCUT2D eigenvalue weighted by Gasteiger charge is -2.45. The van der Waals surface area contributed by atoms with Crippen molar-refractivity contribution in [3.05, 3.63) is 63.1 Å². The number of carbonyl (C=O) groups excluding carboxylic acids is 1. The number of nitriles is 1. The number of hydrogen-bond acceptors (Lipinski definition) is 3. The Kier molecular flexibility index (Phi) is 5.93. The smallest absolute Gasteiger partial charge is 0.266 e. The predicted octanol–water partition coefficient (Wildman–Crippen LogP) is 6.26. The maximum atomic E-state index is 12.5. The lowest BCUT2D eigenvalue weighted by molar-refractivity contribution is -0.112. The summed E-state index contributed by atoms with van der Waals surface area (Å²) in [6, 6.07) is 12.6. The number of nitrogens with zero attached hydrogens (tertiary/aromatic N) is 2. The van der Waals surface area contributed by atoms with Gasteiger partial charge in [0, 0.05) is 34.0 Å². The van der Waals surface area contributed by atoms with Gasteiger partial charge >= 0.3 is 0 Å². The van der Waals surface area contributed by atoms with Crippen molar-refractivity contribution in [3.8, 4) is 6.07 Å². The van der Waals surface area contributed by atoms with Crippen LogP contribution in [-0.2, 0) is 4.79 Å². The Balaban J connectivity index is 1.94. The Morgan fingerprint density at radius 1 is 1.28 bits per heavy atom. The zero-order valence-corrected chi connectivity index (χ0v) is 18.4. The van der Waals surface area contributed by atoms with Crippen molar-refractivity contribution in [3.63, 3.8) is 0 Å². The minimum Gasteiger partial charge on any atom is -0.369 e. The maximum absolute atomic E-state index is 12.5. The van der Waals surface area contributed by atoms with Gasteiger partial charge < -0.3 is 10.2 Å².